The lowest BCUT2D eigenvalue weighted by molar-refractivity contribution is -0.244. The summed E-state index contributed by atoms with van der Waals surface area (Å²) in [6, 6.07) is 0. The molecule has 0 aromatic carbocycles. The molecule has 3 heterocycles. The van der Waals surface area contributed by atoms with Gasteiger partial charge in [0, 0.05) is 19.4 Å². The van der Waals surface area contributed by atoms with Gasteiger partial charge in [-0.25, -0.2) is 4.79 Å². The smallest absolute Gasteiger partial charge is 0.336 e. The van der Waals surface area contributed by atoms with Gasteiger partial charge in [0.15, 0.2) is 12.4 Å². The third kappa shape index (κ3) is 3.92. The lowest BCUT2D eigenvalue weighted by Gasteiger charge is -2.34. The number of carbonyl (C=O) groups excluding carboxylic acids is 3. The van der Waals surface area contributed by atoms with Crippen LogP contribution in [0, 0.1) is 23.2 Å². The van der Waals surface area contributed by atoms with E-state index in [0.29, 0.717) is 5.57 Å². The molecule has 8 heteroatoms. The number of hydrogen-bond acceptors (Lipinski definition) is 8. The van der Waals surface area contributed by atoms with Crippen molar-refractivity contribution in [3.05, 3.63) is 11.6 Å². The largest absolute Gasteiger partial charge is 0.455 e. The molecule has 3 aliphatic heterocycles. The maximum atomic E-state index is 12.6. The van der Waals surface area contributed by atoms with Gasteiger partial charge in [-0.15, -0.1) is 0 Å². The molecule has 0 aromatic heterocycles. The Bertz CT molecular complexity index is 741. The Labute approximate surface area is 169 Å². The van der Waals surface area contributed by atoms with Gasteiger partial charge in [-0.05, 0) is 30.6 Å². The van der Waals surface area contributed by atoms with Gasteiger partial charge in [0.2, 0.25) is 12.6 Å². The average molecular weight is 408 g/mol. The highest BCUT2D eigenvalue weighted by Gasteiger charge is 2.64. The van der Waals surface area contributed by atoms with Crippen molar-refractivity contribution in [3.8, 4) is 0 Å². The highest BCUT2D eigenvalue weighted by molar-refractivity contribution is 5.91. The molecule has 0 N–H and O–H groups in total. The zero-order valence-corrected chi connectivity index (χ0v) is 17.2. The van der Waals surface area contributed by atoms with E-state index in [1.54, 1.807) is 0 Å². The van der Waals surface area contributed by atoms with Crippen LogP contribution in [0.4, 0.5) is 0 Å². The summed E-state index contributed by atoms with van der Waals surface area (Å²) >= 11 is 0. The molecule has 160 valence electrons. The fourth-order valence-electron chi connectivity index (χ4n) is 5.21. The SMILES string of the molecule is CC(=O)O[C@@H]1O[C@@H]2O[C@@H]3OC(=O)/C(=C\[C@@H]4CCCC(C)(C)C4)[C@@H]3[C@@H]2[C@H]1OC(C)=O. The van der Waals surface area contributed by atoms with Crippen molar-refractivity contribution in [3.63, 3.8) is 0 Å². The zero-order valence-electron chi connectivity index (χ0n) is 17.2. The fourth-order valence-corrected chi connectivity index (χ4v) is 5.21. The van der Waals surface area contributed by atoms with E-state index in [-0.39, 0.29) is 11.3 Å². The summed E-state index contributed by atoms with van der Waals surface area (Å²) in [6.45, 7) is 7.02. The molecule has 0 radical (unpaired) electrons. The summed E-state index contributed by atoms with van der Waals surface area (Å²) in [5, 5.41) is 0. The minimum absolute atomic E-state index is 0.230. The number of rotatable bonds is 3. The lowest BCUT2D eigenvalue weighted by Crippen LogP contribution is -2.38. The normalized spacial score (nSPS) is 41.6. The number of esters is 3. The first-order valence-electron chi connectivity index (χ1n) is 10.2. The topological polar surface area (TPSA) is 97.4 Å². The molecule has 4 fully saturated rings. The molecule has 0 unspecified atom stereocenters. The van der Waals surface area contributed by atoms with Crippen molar-refractivity contribution < 1.29 is 38.1 Å². The third-order valence-corrected chi connectivity index (χ3v) is 6.27. The standard InChI is InChI=1S/C21H28O8/c1-10(22)25-16-15-14-13(8-12-6-5-7-21(3,4)9-12)17(24)27-18(14)28-19(15)29-20(16)26-11(2)23/h8,12,14-16,18-20H,5-7,9H2,1-4H3/b13-8-/t12-,14+,15+,16+,18-,19-,20+/m0/s1. The number of hydrogen-bond donors (Lipinski definition) is 0. The molecular formula is C21H28O8. The van der Waals surface area contributed by atoms with Crippen LogP contribution in [0.5, 0.6) is 0 Å². The van der Waals surface area contributed by atoms with Crippen LogP contribution in [0.25, 0.3) is 0 Å². The number of carbonyl (C=O) groups is 3. The summed E-state index contributed by atoms with van der Waals surface area (Å²) < 4.78 is 27.5. The van der Waals surface area contributed by atoms with E-state index >= 15 is 0 Å². The van der Waals surface area contributed by atoms with E-state index < -0.39 is 54.7 Å². The summed E-state index contributed by atoms with van der Waals surface area (Å²) in [5.41, 5.74) is 0.780. The highest BCUT2D eigenvalue weighted by Crippen LogP contribution is 2.51. The zero-order chi connectivity index (χ0) is 20.9. The number of allylic oxidation sites excluding steroid dienone is 1. The van der Waals surface area contributed by atoms with Crippen LogP contribution >= 0.6 is 0 Å². The predicted molar refractivity (Wildman–Crippen MR) is 97.7 cm³/mol. The van der Waals surface area contributed by atoms with Crippen LogP contribution in [0.2, 0.25) is 0 Å². The molecule has 4 rings (SSSR count). The van der Waals surface area contributed by atoms with Crippen molar-refractivity contribution in [2.45, 2.75) is 78.4 Å². The molecule has 8 nitrogen and oxygen atoms in total. The highest BCUT2D eigenvalue weighted by atomic mass is 16.8. The van der Waals surface area contributed by atoms with E-state index in [0.717, 1.165) is 19.3 Å². The molecule has 29 heavy (non-hydrogen) atoms. The number of ether oxygens (including phenoxy) is 5. The van der Waals surface area contributed by atoms with Crippen LogP contribution in [-0.2, 0) is 38.1 Å². The first-order valence-corrected chi connectivity index (χ1v) is 10.2. The van der Waals surface area contributed by atoms with Gasteiger partial charge < -0.3 is 23.7 Å². The molecule has 0 spiro atoms. The maximum Gasteiger partial charge on any atom is 0.336 e. The molecule has 0 bridgehead atoms. The summed E-state index contributed by atoms with van der Waals surface area (Å²) in [4.78, 5) is 35.7. The van der Waals surface area contributed by atoms with Gasteiger partial charge in [-0.1, -0.05) is 26.3 Å². The van der Waals surface area contributed by atoms with Crippen molar-refractivity contribution in [2.75, 3.05) is 0 Å². The summed E-state index contributed by atoms with van der Waals surface area (Å²) in [7, 11) is 0. The van der Waals surface area contributed by atoms with Gasteiger partial charge in [0.25, 0.3) is 0 Å². The van der Waals surface area contributed by atoms with Gasteiger partial charge in [0.1, 0.15) is 0 Å². The Kier molecular flexibility index (Phi) is 5.19. The third-order valence-electron chi connectivity index (χ3n) is 6.27. The lowest BCUT2D eigenvalue weighted by atomic mass is 9.71. The molecule has 7 atom stereocenters. The van der Waals surface area contributed by atoms with E-state index in [1.165, 1.54) is 20.3 Å². The second-order valence-electron chi connectivity index (χ2n) is 9.21. The van der Waals surface area contributed by atoms with Crippen LogP contribution in [-0.4, -0.2) is 42.9 Å². The summed E-state index contributed by atoms with van der Waals surface area (Å²) in [6.07, 6.45) is 2.82. The van der Waals surface area contributed by atoms with E-state index in [9.17, 15) is 14.4 Å². The van der Waals surface area contributed by atoms with E-state index in [2.05, 4.69) is 13.8 Å². The first kappa shape index (κ1) is 20.3. The van der Waals surface area contributed by atoms with Gasteiger partial charge >= 0.3 is 17.9 Å². The molecule has 4 aliphatic rings. The molecule has 1 saturated carbocycles. The van der Waals surface area contributed by atoms with Gasteiger partial charge in [-0.2, -0.15) is 0 Å². The Morgan fingerprint density at radius 2 is 1.83 bits per heavy atom. The minimum Gasteiger partial charge on any atom is -0.455 e. The van der Waals surface area contributed by atoms with E-state index in [4.69, 9.17) is 23.7 Å². The van der Waals surface area contributed by atoms with Crippen molar-refractivity contribution >= 4 is 17.9 Å². The number of fused-ring (bicyclic) bond motifs is 3. The molecule has 0 amide bonds. The maximum absolute atomic E-state index is 12.6. The van der Waals surface area contributed by atoms with Crippen LogP contribution in [0.15, 0.2) is 11.6 Å². The molecule has 1 aliphatic carbocycles. The Morgan fingerprint density at radius 3 is 2.48 bits per heavy atom. The van der Waals surface area contributed by atoms with Gasteiger partial charge in [0.05, 0.1) is 11.8 Å². The monoisotopic (exact) mass is 408 g/mol. The predicted octanol–water partition coefficient (Wildman–Crippen LogP) is 2.45. The van der Waals surface area contributed by atoms with Crippen LogP contribution in [0.1, 0.15) is 53.4 Å². The minimum atomic E-state index is -1.07. The second kappa shape index (κ2) is 7.40. The Hall–Kier alpha value is -1.93. The Balaban J connectivity index is 1.61. The van der Waals surface area contributed by atoms with Crippen LogP contribution < -0.4 is 0 Å². The summed E-state index contributed by atoms with van der Waals surface area (Å²) in [5.74, 6) is -2.12. The van der Waals surface area contributed by atoms with E-state index in [1.807, 2.05) is 6.08 Å². The molecule has 3 saturated heterocycles. The van der Waals surface area contributed by atoms with Crippen LogP contribution in [0.3, 0.4) is 0 Å². The van der Waals surface area contributed by atoms with Crippen molar-refractivity contribution in [1.82, 2.24) is 0 Å². The second-order valence-corrected chi connectivity index (χ2v) is 9.21. The fraction of sp³-hybridized carbons (Fsp3) is 0.762. The first-order chi connectivity index (χ1) is 13.6. The molecular weight excluding hydrogens is 380 g/mol. The van der Waals surface area contributed by atoms with Crippen molar-refractivity contribution in [1.29, 1.82) is 0 Å². The quantitative estimate of drug-likeness (QED) is 0.399. The molecule has 0 aromatic rings. The average Bonchev–Trinajstić information content (AvgIpc) is 3.16. The van der Waals surface area contributed by atoms with Gasteiger partial charge in [-0.3, -0.25) is 9.59 Å². The van der Waals surface area contributed by atoms with Crippen molar-refractivity contribution in [2.24, 2.45) is 23.2 Å². The Morgan fingerprint density at radius 1 is 1.10 bits per heavy atom.